The molecule has 0 aliphatic carbocycles. The quantitative estimate of drug-likeness (QED) is 0.466. The SMILES string of the molecule is Bc1c(F)c(F)c(-c2c(F)c(F)c(C)c(F)c2F)c(OC)c1F. The Morgan fingerprint density at radius 1 is 0.652 bits per heavy atom. The molecular formula is C14H8BF7O. The van der Waals surface area contributed by atoms with E-state index in [1.165, 1.54) is 0 Å². The van der Waals surface area contributed by atoms with Crippen molar-refractivity contribution >= 4 is 13.3 Å². The monoisotopic (exact) mass is 336 g/mol. The lowest BCUT2D eigenvalue weighted by Gasteiger charge is -2.16. The third-order valence-electron chi connectivity index (χ3n) is 3.43. The van der Waals surface area contributed by atoms with E-state index in [9.17, 15) is 30.7 Å². The third-order valence-corrected chi connectivity index (χ3v) is 3.43. The van der Waals surface area contributed by atoms with Crippen molar-refractivity contribution in [1.29, 1.82) is 0 Å². The van der Waals surface area contributed by atoms with Gasteiger partial charge in [0, 0.05) is 5.56 Å². The maximum Gasteiger partial charge on any atom is 0.170 e. The van der Waals surface area contributed by atoms with E-state index >= 15 is 0 Å². The van der Waals surface area contributed by atoms with E-state index in [4.69, 9.17) is 0 Å². The Morgan fingerprint density at radius 2 is 1.09 bits per heavy atom. The maximum atomic E-state index is 14.1. The Kier molecular flexibility index (Phi) is 4.32. The molecule has 9 heteroatoms. The van der Waals surface area contributed by atoms with Gasteiger partial charge in [-0.1, -0.05) is 0 Å². The van der Waals surface area contributed by atoms with Crippen LogP contribution in [0.15, 0.2) is 0 Å². The topological polar surface area (TPSA) is 9.23 Å². The van der Waals surface area contributed by atoms with Crippen LogP contribution in [0, 0.1) is 47.6 Å². The number of benzene rings is 2. The van der Waals surface area contributed by atoms with E-state index in [2.05, 4.69) is 4.74 Å². The highest BCUT2D eigenvalue weighted by Gasteiger charge is 2.32. The second kappa shape index (κ2) is 5.79. The molecule has 23 heavy (non-hydrogen) atoms. The molecular weight excluding hydrogens is 328 g/mol. The minimum Gasteiger partial charge on any atom is -0.493 e. The molecule has 0 fully saturated rings. The Hall–Kier alpha value is -2.19. The molecule has 0 atom stereocenters. The lowest BCUT2D eigenvalue weighted by Crippen LogP contribution is -2.19. The van der Waals surface area contributed by atoms with E-state index in [0.717, 1.165) is 21.9 Å². The summed E-state index contributed by atoms with van der Waals surface area (Å²) in [7, 11) is 1.69. The number of rotatable bonds is 2. The largest absolute Gasteiger partial charge is 0.493 e. The molecule has 0 aliphatic rings. The Morgan fingerprint density at radius 3 is 1.52 bits per heavy atom. The maximum absolute atomic E-state index is 14.1. The first-order valence-corrected chi connectivity index (χ1v) is 6.19. The Bertz CT molecular complexity index is 791. The fourth-order valence-electron chi connectivity index (χ4n) is 2.13. The van der Waals surface area contributed by atoms with Gasteiger partial charge >= 0.3 is 0 Å². The van der Waals surface area contributed by atoms with Gasteiger partial charge in [0.15, 0.2) is 46.5 Å². The minimum absolute atomic E-state index is 0.754. The highest BCUT2D eigenvalue weighted by molar-refractivity contribution is 6.33. The fourth-order valence-corrected chi connectivity index (χ4v) is 2.13. The number of methoxy groups -OCH3 is 1. The van der Waals surface area contributed by atoms with Gasteiger partial charge in [-0.2, -0.15) is 0 Å². The molecule has 0 saturated carbocycles. The summed E-state index contributed by atoms with van der Waals surface area (Å²) < 4.78 is 102. The molecule has 0 amide bonds. The van der Waals surface area contributed by atoms with Gasteiger partial charge in [-0.3, -0.25) is 0 Å². The van der Waals surface area contributed by atoms with Crippen molar-refractivity contribution in [1.82, 2.24) is 0 Å². The highest BCUT2D eigenvalue weighted by atomic mass is 19.2. The van der Waals surface area contributed by atoms with Gasteiger partial charge in [0.05, 0.1) is 18.2 Å². The van der Waals surface area contributed by atoms with Crippen molar-refractivity contribution in [2.45, 2.75) is 6.92 Å². The lowest BCUT2D eigenvalue weighted by molar-refractivity contribution is 0.379. The molecule has 1 nitrogen and oxygen atoms in total. The van der Waals surface area contributed by atoms with Gasteiger partial charge in [-0.25, -0.2) is 30.7 Å². The smallest absolute Gasteiger partial charge is 0.170 e. The van der Waals surface area contributed by atoms with Crippen LogP contribution in [0.25, 0.3) is 11.1 Å². The molecule has 0 aromatic heterocycles. The van der Waals surface area contributed by atoms with E-state index in [0.29, 0.717) is 0 Å². The average Bonchev–Trinajstić information content (AvgIpc) is 2.54. The Labute approximate surface area is 127 Å². The summed E-state index contributed by atoms with van der Waals surface area (Å²) in [5, 5.41) is 0. The van der Waals surface area contributed by atoms with E-state index < -0.39 is 68.6 Å². The van der Waals surface area contributed by atoms with Gasteiger partial charge in [-0.15, -0.1) is 0 Å². The van der Waals surface area contributed by atoms with Gasteiger partial charge in [0.1, 0.15) is 7.85 Å². The molecule has 0 N–H and O–H groups in total. The van der Waals surface area contributed by atoms with Crippen LogP contribution in [-0.2, 0) is 0 Å². The number of hydrogen-bond acceptors (Lipinski definition) is 1. The van der Waals surface area contributed by atoms with Gasteiger partial charge in [0.2, 0.25) is 0 Å². The number of ether oxygens (including phenoxy) is 1. The Balaban J connectivity index is 3.06. The second-order valence-corrected chi connectivity index (χ2v) is 4.73. The fraction of sp³-hybridized carbons (Fsp3) is 0.143. The first kappa shape index (κ1) is 17.2. The summed E-state index contributed by atoms with van der Waals surface area (Å²) in [6.45, 7) is 0.754. The van der Waals surface area contributed by atoms with Crippen molar-refractivity contribution in [3.8, 4) is 16.9 Å². The first-order chi connectivity index (χ1) is 10.6. The summed E-state index contributed by atoms with van der Waals surface area (Å²) in [5.74, 6) is -13.7. The van der Waals surface area contributed by atoms with E-state index in [1.54, 1.807) is 0 Å². The molecule has 0 aliphatic heterocycles. The van der Waals surface area contributed by atoms with E-state index in [1.807, 2.05) is 0 Å². The zero-order valence-corrected chi connectivity index (χ0v) is 12.1. The van der Waals surface area contributed by atoms with Crippen molar-refractivity contribution in [3.63, 3.8) is 0 Å². The second-order valence-electron chi connectivity index (χ2n) is 4.73. The predicted octanol–water partition coefficient (Wildman–Crippen LogP) is 2.90. The minimum atomic E-state index is -1.98. The number of halogens is 7. The summed E-state index contributed by atoms with van der Waals surface area (Å²) in [4.78, 5) is 0. The highest BCUT2D eigenvalue weighted by Crippen LogP contribution is 2.40. The molecule has 2 aromatic carbocycles. The van der Waals surface area contributed by atoms with Crippen molar-refractivity contribution < 1.29 is 35.5 Å². The van der Waals surface area contributed by atoms with Crippen LogP contribution in [0.5, 0.6) is 5.75 Å². The van der Waals surface area contributed by atoms with Crippen LogP contribution in [-0.4, -0.2) is 15.0 Å². The lowest BCUT2D eigenvalue weighted by atomic mass is 9.89. The van der Waals surface area contributed by atoms with Crippen LogP contribution < -0.4 is 10.2 Å². The first-order valence-electron chi connectivity index (χ1n) is 6.19. The molecule has 0 bridgehead atoms. The van der Waals surface area contributed by atoms with E-state index in [-0.39, 0.29) is 0 Å². The molecule has 0 spiro atoms. The zero-order valence-electron chi connectivity index (χ0n) is 12.1. The average molecular weight is 336 g/mol. The molecule has 0 unspecified atom stereocenters. The van der Waals surface area contributed by atoms with Crippen LogP contribution in [0.3, 0.4) is 0 Å². The van der Waals surface area contributed by atoms with Crippen LogP contribution in [0.4, 0.5) is 30.7 Å². The standard InChI is InChI=1S/C14H8BF7O/c1-3-7(16)9(18)4(10(19)8(3)17)5-11(20)12(21)6(15)13(22)14(5)23-2/h15H2,1-2H3. The number of hydrogen-bond donors (Lipinski definition) is 0. The van der Waals surface area contributed by atoms with Gasteiger partial charge < -0.3 is 4.74 Å². The molecule has 2 rings (SSSR count). The molecule has 0 heterocycles. The third kappa shape index (κ3) is 2.34. The van der Waals surface area contributed by atoms with Crippen molar-refractivity contribution in [2.75, 3.05) is 7.11 Å². The summed E-state index contributed by atoms with van der Waals surface area (Å²) >= 11 is 0. The zero-order chi connectivity index (χ0) is 17.6. The summed E-state index contributed by atoms with van der Waals surface area (Å²) in [6, 6.07) is 0. The molecule has 2 aromatic rings. The van der Waals surface area contributed by atoms with Crippen molar-refractivity contribution in [2.24, 2.45) is 0 Å². The summed E-state index contributed by atoms with van der Waals surface area (Å²) in [6.07, 6.45) is 0. The normalized spacial score (nSPS) is 11.0. The van der Waals surface area contributed by atoms with Gasteiger partial charge in [0.25, 0.3) is 0 Å². The van der Waals surface area contributed by atoms with Crippen LogP contribution in [0.1, 0.15) is 5.56 Å². The van der Waals surface area contributed by atoms with Crippen molar-refractivity contribution in [3.05, 3.63) is 46.3 Å². The molecule has 122 valence electrons. The van der Waals surface area contributed by atoms with Crippen LogP contribution >= 0.6 is 0 Å². The van der Waals surface area contributed by atoms with Gasteiger partial charge in [-0.05, 0) is 12.4 Å². The van der Waals surface area contributed by atoms with Crippen LogP contribution in [0.2, 0.25) is 0 Å². The molecule has 0 saturated heterocycles. The predicted molar refractivity (Wildman–Crippen MR) is 71.1 cm³/mol. The summed E-state index contributed by atoms with van der Waals surface area (Å²) in [5.41, 5.74) is -4.76. The molecule has 0 radical (unpaired) electrons.